The lowest BCUT2D eigenvalue weighted by molar-refractivity contribution is -0.130. The van der Waals surface area contributed by atoms with Crippen molar-refractivity contribution >= 4 is 49.7 Å². The third-order valence-electron chi connectivity index (χ3n) is 5.04. The van der Waals surface area contributed by atoms with Crippen LogP contribution in [0.1, 0.15) is 8.42 Å². The van der Waals surface area contributed by atoms with Crippen molar-refractivity contribution in [1.82, 2.24) is 9.88 Å². The Kier molecular flexibility index (Phi) is 7.73. The van der Waals surface area contributed by atoms with E-state index in [1.807, 2.05) is 23.1 Å². The van der Waals surface area contributed by atoms with Gasteiger partial charge in [-0.25, -0.2) is 13.4 Å². The van der Waals surface area contributed by atoms with Gasteiger partial charge in [0.25, 0.3) is 10.0 Å². The van der Waals surface area contributed by atoms with Gasteiger partial charge in [0.15, 0.2) is 5.13 Å². The van der Waals surface area contributed by atoms with E-state index in [-0.39, 0.29) is 19.1 Å². The van der Waals surface area contributed by atoms with E-state index in [0.717, 1.165) is 11.3 Å². The monoisotopic (exact) mass is 498 g/mol. The third kappa shape index (κ3) is 5.77. The van der Waals surface area contributed by atoms with Gasteiger partial charge in [-0.3, -0.25) is 9.52 Å². The topological polar surface area (TPSA) is 114 Å². The summed E-state index contributed by atoms with van der Waals surface area (Å²) in [6, 6.07) is 14.1. The minimum atomic E-state index is -3.67. The van der Waals surface area contributed by atoms with Crippen LogP contribution in [0.5, 0.6) is 0 Å². The lowest BCUT2D eigenvalue weighted by Crippen LogP contribution is -2.49. The van der Waals surface area contributed by atoms with Gasteiger partial charge in [0.05, 0.1) is 11.3 Å². The van der Waals surface area contributed by atoms with Crippen LogP contribution in [0, 0.1) is 0 Å². The zero-order chi connectivity index (χ0) is 21.8. The second-order valence-corrected chi connectivity index (χ2v) is 10.1. The van der Waals surface area contributed by atoms with Crippen LogP contribution in [0.15, 0.2) is 65.0 Å². The van der Waals surface area contributed by atoms with E-state index >= 15 is 0 Å². The molecule has 2 heterocycles. The van der Waals surface area contributed by atoms with Gasteiger partial charge < -0.3 is 15.3 Å². The van der Waals surface area contributed by atoms with Gasteiger partial charge in [-0.15, -0.1) is 11.3 Å². The van der Waals surface area contributed by atoms with E-state index in [2.05, 4.69) is 14.6 Å². The van der Waals surface area contributed by atoms with E-state index in [9.17, 15) is 13.2 Å². The van der Waals surface area contributed by atoms with Crippen LogP contribution in [0.4, 0.5) is 10.8 Å². The van der Waals surface area contributed by atoms with Gasteiger partial charge in [-0.1, -0.05) is 23.7 Å². The van der Waals surface area contributed by atoms with Crippen molar-refractivity contribution in [3.63, 3.8) is 0 Å². The number of nitrogens with one attached hydrogen (secondary N) is 1. The number of thiazole rings is 1. The first-order valence-corrected chi connectivity index (χ1v) is 12.4. The highest BCUT2D eigenvalue weighted by Gasteiger charge is 2.22. The Hall–Kier alpha value is -2.66. The normalized spacial score (nSPS) is 14.0. The average molecular weight is 499 g/mol. The van der Waals surface area contributed by atoms with Gasteiger partial charge in [0, 0.05) is 51.3 Å². The maximum absolute atomic E-state index is 12.6. The van der Waals surface area contributed by atoms with Crippen molar-refractivity contribution < 1.29 is 21.5 Å². The molecule has 0 radical (unpaired) electrons. The fourth-order valence-electron chi connectivity index (χ4n) is 3.43. The van der Waals surface area contributed by atoms with Crippen LogP contribution >= 0.6 is 22.9 Å². The molecule has 0 bridgehead atoms. The molecule has 174 valence electrons. The lowest BCUT2D eigenvalue weighted by atomic mass is 10.1. The molecule has 32 heavy (non-hydrogen) atoms. The molecular formula is C21H27ClN4O4S2. The number of aromatic nitrogens is 1. The summed E-state index contributed by atoms with van der Waals surface area (Å²) in [6.45, 7) is 2.60. The zero-order valence-electron chi connectivity index (χ0n) is 17.1. The van der Waals surface area contributed by atoms with Gasteiger partial charge in [-0.05, 0) is 42.0 Å². The summed E-state index contributed by atoms with van der Waals surface area (Å²) < 4.78 is 27.4. The summed E-state index contributed by atoms with van der Waals surface area (Å²) in [6.07, 6.45) is 1.88. The molecule has 1 saturated heterocycles. The third-order valence-corrected chi connectivity index (χ3v) is 7.45. The van der Waals surface area contributed by atoms with Gasteiger partial charge >= 0.3 is 0 Å². The van der Waals surface area contributed by atoms with E-state index < -0.39 is 10.0 Å². The Balaban J connectivity index is 0.00000193. The fourth-order valence-corrected chi connectivity index (χ4v) is 5.43. The van der Waals surface area contributed by atoms with E-state index in [0.29, 0.717) is 42.8 Å². The number of hydrogen-bond donors (Lipinski definition) is 1. The summed E-state index contributed by atoms with van der Waals surface area (Å²) in [4.78, 5) is 20.7. The number of hydrogen-bond acceptors (Lipinski definition) is 6. The molecule has 0 saturated carbocycles. The molecule has 1 amide bonds. The van der Waals surface area contributed by atoms with Crippen LogP contribution in [-0.2, 0) is 21.2 Å². The molecule has 11 heteroatoms. The molecule has 8 nitrogen and oxygen atoms in total. The number of carbonyl (C=O) groups is 1. The number of benzene rings is 2. The molecule has 1 fully saturated rings. The van der Waals surface area contributed by atoms with Crippen LogP contribution < -0.4 is 9.62 Å². The van der Waals surface area contributed by atoms with Gasteiger partial charge in [-0.2, -0.15) is 0 Å². The largest absolute Gasteiger partial charge is 0.412 e. The number of nitrogens with zero attached hydrogens (tertiary/aromatic N) is 3. The minimum Gasteiger partial charge on any atom is -0.412 e. The number of piperazine rings is 1. The van der Waals surface area contributed by atoms with Gasteiger partial charge in [0.1, 0.15) is 0 Å². The molecule has 3 N–H and O–H groups in total. The SMILES string of the molecule is O.O=C(Cc1cccc(Cl)c1)N1CCN(c2ccc(S(=O)(=O)Nc3nccs3)cc2)CC1.[HH].[HH]. The highest BCUT2D eigenvalue weighted by molar-refractivity contribution is 7.93. The Morgan fingerprint density at radius 2 is 1.84 bits per heavy atom. The Labute approximate surface area is 198 Å². The van der Waals surface area contributed by atoms with Crippen molar-refractivity contribution in [2.75, 3.05) is 35.8 Å². The first-order valence-electron chi connectivity index (χ1n) is 9.70. The first-order chi connectivity index (χ1) is 14.9. The van der Waals surface area contributed by atoms with Crippen LogP contribution in [0.2, 0.25) is 5.02 Å². The molecule has 1 aromatic heterocycles. The standard InChI is InChI=1S/C21H21ClN4O3S2.H2O.2H2/c22-17-3-1-2-16(14-17)15-20(27)26-11-9-25(10-12-26)18-4-6-19(7-5-18)31(28,29)24-21-23-8-13-30-21;;;/h1-8,13-14H,9-12,15H2,(H,23,24);1H2;2*1H. The number of sulfonamides is 1. The van der Waals surface area contributed by atoms with Crippen LogP contribution in [0.3, 0.4) is 0 Å². The molecular weight excluding hydrogens is 472 g/mol. The average Bonchev–Trinajstić information content (AvgIpc) is 3.26. The van der Waals surface area contributed by atoms with E-state index in [1.54, 1.807) is 41.9 Å². The molecule has 2 aromatic carbocycles. The number of anilines is 2. The minimum absolute atomic E-state index is 0. The maximum Gasteiger partial charge on any atom is 0.263 e. The molecule has 0 spiro atoms. The van der Waals surface area contributed by atoms with Crippen LogP contribution in [0.25, 0.3) is 0 Å². The second kappa shape index (κ2) is 10.3. The smallest absolute Gasteiger partial charge is 0.263 e. The molecule has 0 aliphatic carbocycles. The highest BCUT2D eigenvalue weighted by atomic mass is 35.5. The quantitative estimate of drug-likeness (QED) is 0.560. The Bertz CT molecular complexity index is 1160. The molecule has 0 atom stereocenters. The highest BCUT2D eigenvalue weighted by Crippen LogP contribution is 2.22. The number of amides is 1. The van der Waals surface area contributed by atoms with Gasteiger partial charge in [0.2, 0.25) is 5.91 Å². The number of carbonyl (C=O) groups excluding carboxylic acids is 1. The summed E-state index contributed by atoms with van der Waals surface area (Å²) in [5.41, 5.74) is 1.83. The van der Waals surface area contributed by atoms with E-state index in [1.165, 1.54) is 11.3 Å². The Morgan fingerprint density at radius 1 is 1.12 bits per heavy atom. The van der Waals surface area contributed by atoms with Crippen molar-refractivity contribution in [3.05, 3.63) is 70.7 Å². The maximum atomic E-state index is 12.6. The first kappa shape index (κ1) is 24.0. The predicted molar refractivity (Wildman–Crippen MR) is 131 cm³/mol. The summed E-state index contributed by atoms with van der Waals surface area (Å²) >= 11 is 7.23. The Morgan fingerprint density at radius 3 is 2.47 bits per heavy atom. The van der Waals surface area contributed by atoms with Crippen molar-refractivity contribution in [2.24, 2.45) is 0 Å². The van der Waals surface area contributed by atoms with Crippen molar-refractivity contribution in [3.8, 4) is 0 Å². The summed E-state index contributed by atoms with van der Waals surface area (Å²) in [5.74, 6) is 0.0802. The molecule has 1 aliphatic rings. The second-order valence-electron chi connectivity index (χ2n) is 7.11. The summed E-state index contributed by atoms with van der Waals surface area (Å²) in [5, 5.41) is 2.67. The zero-order valence-corrected chi connectivity index (χ0v) is 19.5. The van der Waals surface area contributed by atoms with E-state index in [4.69, 9.17) is 11.6 Å². The predicted octanol–water partition coefficient (Wildman–Crippen LogP) is 3.16. The van der Waals surface area contributed by atoms with Crippen molar-refractivity contribution in [1.29, 1.82) is 0 Å². The number of halogens is 1. The van der Waals surface area contributed by atoms with Crippen molar-refractivity contribution in [2.45, 2.75) is 11.3 Å². The van der Waals surface area contributed by atoms with Crippen LogP contribution in [-0.4, -0.2) is 55.9 Å². The molecule has 0 unspecified atom stereocenters. The fraction of sp³-hybridized carbons (Fsp3) is 0.238. The molecule has 1 aliphatic heterocycles. The summed E-state index contributed by atoms with van der Waals surface area (Å²) in [7, 11) is -3.67. The lowest BCUT2D eigenvalue weighted by Gasteiger charge is -2.36. The number of rotatable bonds is 6. The molecule has 3 aromatic rings. The molecule has 4 rings (SSSR count).